The summed E-state index contributed by atoms with van der Waals surface area (Å²) >= 11 is 0. The van der Waals surface area contributed by atoms with Crippen LogP contribution < -0.4 is 5.32 Å². The van der Waals surface area contributed by atoms with E-state index in [0.29, 0.717) is 16.9 Å². The lowest BCUT2D eigenvalue weighted by molar-refractivity contribution is -0.134. The van der Waals surface area contributed by atoms with Gasteiger partial charge in [0, 0.05) is 30.9 Å². The van der Waals surface area contributed by atoms with Crippen molar-refractivity contribution in [2.24, 2.45) is 5.41 Å². The fourth-order valence-electron chi connectivity index (χ4n) is 3.98. The third kappa shape index (κ3) is 3.42. The van der Waals surface area contributed by atoms with Crippen molar-refractivity contribution >= 4 is 11.8 Å². The fraction of sp³-hybridized carbons (Fsp3) is 0.650. The summed E-state index contributed by atoms with van der Waals surface area (Å²) in [6, 6.07) is 3.28. The number of pyridine rings is 1. The van der Waals surface area contributed by atoms with Gasteiger partial charge in [-0.3, -0.25) is 14.6 Å². The van der Waals surface area contributed by atoms with E-state index in [4.69, 9.17) is 0 Å². The molecule has 1 spiro atoms. The zero-order chi connectivity index (χ0) is 17.4. The summed E-state index contributed by atoms with van der Waals surface area (Å²) in [5, 5.41) is 2.84. The molecule has 2 aliphatic carbocycles. The van der Waals surface area contributed by atoms with Crippen LogP contribution in [0.1, 0.15) is 73.8 Å². The first kappa shape index (κ1) is 16.6. The van der Waals surface area contributed by atoms with Crippen molar-refractivity contribution in [2.75, 3.05) is 13.1 Å². The number of nitrogens with zero attached hydrogens (tertiary/aromatic N) is 2. The summed E-state index contributed by atoms with van der Waals surface area (Å²) in [6.07, 6.45) is 10.2. The Kier molecular flexibility index (Phi) is 4.26. The Hall–Kier alpha value is -1.91. The second-order valence-corrected chi connectivity index (χ2v) is 8.12. The second kappa shape index (κ2) is 6.43. The molecule has 5 heteroatoms. The van der Waals surface area contributed by atoms with Crippen LogP contribution in [0.5, 0.6) is 0 Å². The third-order valence-electron chi connectivity index (χ3n) is 6.38. The van der Waals surface area contributed by atoms with Crippen LogP contribution in [0.3, 0.4) is 0 Å². The SMILES string of the molecule is C[C@H](NC(=O)c1ccc(C2CCC2)nc1)C(=O)N1CCC2(CC1)CC2. The standard InChI is InChI=1S/C20H27N3O2/c1-14(19(25)23-11-9-20(7-8-20)10-12-23)22-18(24)16-5-6-17(21-13-16)15-3-2-4-15/h5-6,13-15H,2-4,7-12H2,1H3,(H,22,24)/t14-/m0/s1. The Bertz CT molecular complexity index is 652. The number of carbonyl (C=O) groups excluding carboxylic acids is 2. The highest BCUT2D eigenvalue weighted by molar-refractivity contribution is 5.97. The van der Waals surface area contributed by atoms with Crippen molar-refractivity contribution in [1.82, 2.24) is 15.2 Å². The lowest BCUT2D eigenvalue weighted by Gasteiger charge is -2.33. The van der Waals surface area contributed by atoms with Gasteiger partial charge in [0.2, 0.25) is 5.91 Å². The minimum absolute atomic E-state index is 0.0305. The van der Waals surface area contributed by atoms with Crippen LogP contribution in [0, 0.1) is 5.41 Å². The zero-order valence-electron chi connectivity index (χ0n) is 15.0. The van der Waals surface area contributed by atoms with Gasteiger partial charge >= 0.3 is 0 Å². The maximum Gasteiger partial charge on any atom is 0.253 e. The minimum atomic E-state index is -0.493. The first-order chi connectivity index (χ1) is 12.1. The number of hydrogen-bond donors (Lipinski definition) is 1. The Morgan fingerprint density at radius 2 is 1.92 bits per heavy atom. The molecule has 2 heterocycles. The van der Waals surface area contributed by atoms with Crippen molar-refractivity contribution in [3.05, 3.63) is 29.6 Å². The molecule has 0 radical (unpaired) electrons. The Morgan fingerprint density at radius 1 is 1.20 bits per heavy atom. The average molecular weight is 341 g/mol. The van der Waals surface area contributed by atoms with Gasteiger partial charge in [0.1, 0.15) is 6.04 Å². The Morgan fingerprint density at radius 3 is 2.44 bits per heavy atom. The molecule has 134 valence electrons. The van der Waals surface area contributed by atoms with Gasteiger partial charge in [-0.2, -0.15) is 0 Å². The van der Waals surface area contributed by atoms with Crippen LogP contribution in [-0.4, -0.2) is 40.8 Å². The molecule has 1 saturated heterocycles. The Balaban J connectivity index is 1.31. The van der Waals surface area contributed by atoms with Gasteiger partial charge in [0.25, 0.3) is 5.91 Å². The van der Waals surface area contributed by atoms with Gasteiger partial charge in [0.15, 0.2) is 0 Å². The quantitative estimate of drug-likeness (QED) is 0.916. The van der Waals surface area contributed by atoms with Crippen molar-refractivity contribution in [1.29, 1.82) is 0 Å². The predicted molar refractivity (Wildman–Crippen MR) is 95.2 cm³/mol. The second-order valence-electron chi connectivity index (χ2n) is 8.12. The lowest BCUT2D eigenvalue weighted by Crippen LogP contribution is -2.49. The monoisotopic (exact) mass is 341 g/mol. The van der Waals surface area contributed by atoms with E-state index in [1.165, 1.54) is 32.1 Å². The summed E-state index contributed by atoms with van der Waals surface area (Å²) in [7, 11) is 0. The maximum absolute atomic E-state index is 12.6. The summed E-state index contributed by atoms with van der Waals surface area (Å²) in [4.78, 5) is 31.3. The van der Waals surface area contributed by atoms with Crippen LogP contribution >= 0.6 is 0 Å². The topological polar surface area (TPSA) is 62.3 Å². The largest absolute Gasteiger partial charge is 0.341 e. The van der Waals surface area contributed by atoms with Crippen molar-refractivity contribution in [3.63, 3.8) is 0 Å². The van der Waals surface area contributed by atoms with Crippen LogP contribution in [0.2, 0.25) is 0 Å². The summed E-state index contributed by atoms with van der Waals surface area (Å²) in [5.41, 5.74) is 2.16. The first-order valence-corrected chi connectivity index (χ1v) is 9.62. The van der Waals surface area contributed by atoms with Crippen LogP contribution in [0.25, 0.3) is 0 Å². The van der Waals surface area contributed by atoms with Gasteiger partial charge in [-0.25, -0.2) is 0 Å². The summed E-state index contributed by atoms with van der Waals surface area (Å²) < 4.78 is 0. The van der Waals surface area contributed by atoms with Gasteiger partial charge < -0.3 is 10.2 Å². The van der Waals surface area contributed by atoms with Crippen LogP contribution in [0.4, 0.5) is 0 Å². The van der Waals surface area contributed by atoms with E-state index < -0.39 is 6.04 Å². The summed E-state index contributed by atoms with van der Waals surface area (Å²) in [6.45, 7) is 3.44. The molecule has 1 N–H and O–H groups in total. The highest BCUT2D eigenvalue weighted by atomic mass is 16.2. The fourth-order valence-corrected chi connectivity index (χ4v) is 3.98. The number of amides is 2. The van der Waals surface area contributed by atoms with E-state index in [0.717, 1.165) is 31.6 Å². The molecule has 0 aromatic carbocycles. The van der Waals surface area contributed by atoms with E-state index in [9.17, 15) is 9.59 Å². The Labute approximate surface area is 149 Å². The molecule has 4 rings (SSSR count). The number of aromatic nitrogens is 1. The number of hydrogen-bond acceptors (Lipinski definition) is 3. The number of rotatable bonds is 4. The predicted octanol–water partition coefficient (Wildman–Crippen LogP) is 2.87. The van der Waals surface area contributed by atoms with Crippen molar-refractivity contribution in [2.45, 2.75) is 63.8 Å². The van der Waals surface area contributed by atoms with Gasteiger partial charge in [-0.05, 0) is 63.0 Å². The molecule has 2 amide bonds. The highest BCUT2D eigenvalue weighted by Crippen LogP contribution is 2.53. The molecular weight excluding hydrogens is 314 g/mol. The molecule has 1 aromatic heterocycles. The molecule has 1 atom stereocenters. The van der Waals surface area contributed by atoms with E-state index >= 15 is 0 Å². The highest BCUT2D eigenvalue weighted by Gasteiger charge is 2.45. The molecule has 25 heavy (non-hydrogen) atoms. The van der Waals surface area contributed by atoms with E-state index in [1.54, 1.807) is 13.1 Å². The molecule has 3 fully saturated rings. The van der Waals surface area contributed by atoms with E-state index in [1.807, 2.05) is 17.0 Å². The zero-order valence-corrected chi connectivity index (χ0v) is 15.0. The lowest BCUT2D eigenvalue weighted by atomic mass is 9.82. The molecular formula is C20H27N3O2. The molecule has 5 nitrogen and oxygen atoms in total. The minimum Gasteiger partial charge on any atom is -0.341 e. The normalized spacial score (nSPS) is 23.0. The third-order valence-corrected chi connectivity index (χ3v) is 6.38. The smallest absolute Gasteiger partial charge is 0.253 e. The van der Waals surface area contributed by atoms with Gasteiger partial charge in [-0.15, -0.1) is 0 Å². The summed E-state index contributed by atoms with van der Waals surface area (Å²) in [5.74, 6) is 0.374. The van der Waals surface area contributed by atoms with E-state index in [-0.39, 0.29) is 11.8 Å². The van der Waals surface area contributed by atoms with Crippen molar-refractivity contribution < 1.29 is 9.59 Å². The van der Waals surface area contributed by atoms with Gasteiger partial charge in [-0.1, -0.05) is 6.42 Å². The number of nitrogens with one attached hydrogen (secondary N) is 1. The molecule has 0 unspecified atom stereocenters. The number of likely N-dealkylation sites (tertiary alicyclic amines) is 1. The molecule has 1 aromatic rings. The molecule has 0 bridgehead atoms. The molecule has 3 aliphatic rings. The maximum atomic E-state index is 12.6. The number of piperidine rings is 1. The molecule has 1 aliphatic heterocycles. The van der Waals surface area contributed by atoms with Gasteiger partial charge in [0.05, 0.1) is 5.56 Å². The number of carbonyl (C=O) groups is 2. The average Bonchev–Trinajstić information content (AvgIpc) is 3.33. The molecule has 2 saturated carbocycles. The first-order valence-electron chi connectivity index (χ1n) is 9.62. The van der Waals surface area contributed by atoms with Crippen LogP contribution in [0.15, 0.2) is 18.3 Å². The van der Waals surface area contributed by atoms with E-state index in [2.05, 4.69) is 10.3 Å². The van der Waals surface area contributed by atoms with Crippen LogP contribution in [-0.2, 0) is 4.79 Å². The van der Waals surface area contributed by atoms with Crippen molar-refractivity contribution in [3.8, 4) is 0 Å².